The zero-order valence-corrected chi connectivity index (χ0v) is 13.2. The highest BCUT2D eigenvalue weighted by molar-refractivity contribution is 5.69. The Morgan fingerprint density at radius 2 is 2.04 bits per heavy atom. The zero-order chi connectivity index (χ0) is 17.4. The number of fused-ring (bicyclic) bond motifs is 1. The van der Waals surface area contributed by atoms with E-state index in [1.807, 2.05) is 0 Å². The number of aromatic nitrogens is 4. The van der Waals surface area contributed by atoms with E-state index in [4.69, 9.17) is 4.74 Å². The Kier molecular flexibility index (Phi) is 3.53. The van der Waals surface area contributed by atoms with E-state index in [1.165, 1.54) is 29.8 Å². The Bertz CT molecular complexity index is 1130. The molecule has 0 aliphatic carbocycles. The average Bonchev–Trinajstić information content (AvgIpc) is 3.06. The van der Waals surface area contributed by atoms with Crippen LogP contribution in [0.15, 0.2) is 59.5 Å². The third-order valence-electron chi connectivity index (χ3n) is 3.83. The average molecular weight is 336 g/mol. The van der Waals surface area contributed by atoms with Gasteiger partial charge in [0.1, 0.15) is 5.82 Å². The van der Waals surface area contributed by atoms with Crippen LogP contribution in [0.25, 0.3) is 28.2 Å². The lowest BCUT2D eigenvalue weighted by Gasteiger charge is -2.05. The van der Waals surface area contributed by atoms with Crippen molar-refractivity contribution in [3.05, 3.63) is 70.9 Å². The zero-order valence-electron chi connectivity index (χ0n) is 13.2. The molecular formula is C18H13FN4O2. The number of hydrogen-bond donors (Lipinski definition) is 1. The molecule has 0 spiro atoms. The van der Waals surface area contributed by atoms with Gasteiger partial charge in [-0.15, -0.1) is 0 Å². The summed E-state index contributed by atoms with van der Waals surface area (Å²) in [6.07, 6.45) is 1.60. The first kappa shape index (κ1) is 15.1. The Labute approximate surface area is 141 Å². The van der Waals surface area contributed by atoms with Crippen molar-refractivity contribution in [2.24, 2.45) is 0 Å². The number of pyridine rings is 1. The quantitative estimate of drug-likeness (QED) is 0.624. The molecule has 0 bridgehead atoms. The Hall–Kier alpha value is -3.48. The number of H-pyrrole nitrogens is 1. The second-order valence-corrected chi connectivity index (χ2v) is 5.41. The molecule has 3 aromatic heterocycles. The van der Waals surface area contributed by atoms with Crippen molar-refractivity contribution < 1.29 is 9.13 Å². The fourth-order valence-corrected chi connectivity index (χ4v) is 2.68. The van der Waals surface area contributed by atoms with Gasteiger partial charge in [0.2, 0.25) is 5.88 Å². The third-order valence-corrected chi connectivity index (χ3v) is 3.83. The molecule has 0 saturated heterocycles. The number of aromatic amines is 1. The van der Waals surface area contributed by atoms with Crippen LogP contribution in [0.4, 0.5) is 4.39 Å². The number of rotatable bonds is 3. The molecule has 25 heavy (non-hydrogen) atoms. The summed E-state index contributed by atoms with van der Waals surface area (Å²) in [5, 5.41) is 2.94. The lowest BCUT2D eigenvalue weighted by atomic mass is 10.1. The van der Waals surface area contributed by atoms with Crippen LogP contribution in [0.2, 0.25) is 0 Å². The van der Waals surface area contributed by atoms with Crippen LogP contribution < -0.4 is 10.3 Å². The van der Waals surface area contributed by atoms with Gasteiger partial charge >= 0.3 is 0 Å². The number of methoxy groups -OCH3 is 1. The van der Waals surface area contributed by atoms with Crippen LogP contribution in [-0.2, 0) is 0 Å². The number of halogens is 1. The van der Waals surface area contributed by atoms with Crippen molar-refractivity contribution in [2.45, 2.75) is 0 Å². The van der Waals surface area contributed by atoms with Crippen molar-refractivity contribution in [1.82, 2.24) is 19.6 Å². The van der Waals surface area contributed by atoms with Gasteiger partial charge in [0, 0.05) is 23.9 Å². The minimum atomic E-state index is -0.350. The highest BCUT2D eigenvalue weighted by atomic mass is 19.1. The predicted molar refractivity (Wildman–Crippen MR) is 91.0 cm³/mol. The predicted octanol–water partition coefficient (Wildman–Crippen LogP) is 2.90. The summed E-state index contributed by atoms with van der Waals surface area (Å²) in [6, 6.07) is 12.7. The van der Waals surface area contributed by atoms with Gasteiger partial charge in [0.05, 0.1) is 24.1 Å². The van der Waals surface area contributed by atoms with Gasteiger partial charge < -0.3 is 4.74 Å². The number of hydrogen-bond acceptors (Lipinski definition) is 4. The molecule has 0 radical (unpaired) electrons. The molecule has 1 aromatic carbocycles. The highest BCUT2D eigenvalue weighted by Crippen LogP contribution is 2.26. The molecule has 3 heterocycles. The second-order valence-electron chi connectivity index (χ2n) is 5.41. The van der Waals surface area contributed by atoms with Crippen molar-refractivity contribution in [3.63, 3.8) is 0 Å². The van der Waals surface area contributed by atoms with E-state index in [0.717, 1.165) is 0 Å². The van der Waals surface area contributed by atoms with Crippen LogP contribution in [0.1, 0.15) is 0 Å². The topological polar surface area (TPSA) is 72.3 Å². The Balaban J connectivity index is 1.89. The summed E-state index contributed by atoms with van der Waals surface area (Å²) in [5.41, 5.74) is 2.45. The first-order chi connectivity index (χ1) is 12.2. The largest absolute Gasteiger partial charge is 0.481 e. The molecule has 0 saturated carbocycles. The molecule has 0 fully saturated rings. The summed E-state index contributed by atoms with van der Waals surface area (Å²) in [5.74, 6) is 0.0388. The SMILES string of the molecule is COc1ncccc1-c1cc(=O)n2[nH]c(-c3cccc(F)c3)cc2n1. The maximum absolute atomic E-state index is 13.4. The molecule has 1 N–H and O–H groups in total. The van der Waals surface area contributed by atoms with Crippen molar-refractivity contribution >= 4 is 5.65 Å². The normalized spacial score (nSPS) is 11.0. The summed E-state index contributed by atoms with van der Waals surface area (Å²) in [7, 11) is 1.51. The lowest BCUT2D eigenvalue weighted by molar-refractivity contribution is 0.399. The minimum Gasteiger partial charge on any atom is -0.481 e. The molecule has 0 atom stereocenters. The molecule has 124 valence electrons. The van der Waals surface area contributed by atoms with Gasteiger partial charge in [0.15, 0.2) is 5.65 Å². The van der Waals surface area contributed by atoms with Crippen molar-refractivity contribution in [1.29, 1.82) is 0 Å². The lowest BCUT2D eigenvalue weighted by Crippen LogP contribution is -2.14. The van der Waals surface area contributed by atoms with Gasteiger partial charge in [-0.05, 0) is 24.3 Å². The van der Waals surface area contributed by atoms with Crippen LogP contribution in [0.3, 0.4) is 0 Å². The van der Waals surface area contributed by atoms with Crippen LogP contribution in [0, 0.1) is 5.82 Å². The summed E-state index contributed by atoms with van der Waals surface area (Å²) < 4.78 is 20.0. The smallest absolute Gasteiger partial charge is 0.273 e. The monoisotopic (exact) mass is 336 g/mol. The van der Waals surface area contributed by atoms with Gasteiger partial charge in [-0.3, -0.25) is 9.89 Å². The highest BCUT2D eigenvalue weighted by Gasteiger charge is 2.13. The van der Waals surface area contributed by atoms with E-state index in [0.29, 0.717) is 34.0 Å². The van der Waals surface area contributed by atoms with Crippen LogP contribution in [0.5, 0.6) is 5.88 Å². The van der Waals surface area contributed by atoms with E-state index in [-0.39, 0.29) is 11.4 Å². The molecule has 0 aliphatic heterocycles. The molecule has 0 amide bonds. The van der Waals surface area contributed by atoms with E-state index >= 15 is 0 Å². The standard InChI is InChI=1S/C18H13FN4O2/c1-25-18-13(6-3-7-20-18)15-10-17(24)23-16(21-15)9-14(22-23)11-4-2-5-12(19)8-11/h2-10,22H,1H3. The fourth-order valence-electron chi connectivity index (χ4n) is 2.68. The molecule has 7 heteroatoms. The molecule has 4 rings (SSSR count). The minimum absolute atomic E-state index is 0.284. The van der Waals surface area contributed by atoms with E-state index in [9.17, 15) is 9.18 Å². The van der Waals surface area contributed by atoms with Gasteiger partial charge in [-0.1, -0.05) is 12.1 Å². The number of benzene rings is 1. The second kappa shape index (κ2) is 5.86. The maximum atomic E-state index is 13.4. The third kappa shape index (κ3) is 2.65. The number of nitrogens with one attached hydrogen (secondary N) is 1. The molecule has 0 aliphatic rings. The van der Waals surface area contributed by atoms with E-state index in [1.54, 1.807) is 36.5 Å². The first-order valence-corrected chi connectivity index (χ1v) is 7.54. The number of ether oxygens (including phenoxy) is 1. The summed E-state index contributed by atoms with van der Waals surface area (Å²) >= 11 is 0. The van der Waals surface area contributed by atoms with E-state index in [2.05, 4.69) is 15.1 Å². The van der Waals surface area contributed by atoms with Crippen LogP contribution >= 0.6 is 0 Å². The van der Waals surface area contributed by atoms with Gasteiger partial charge in [-0.25, -0.2) is 18.9 Å². The Morgan fingerprint density at radius 1 is 1.16 bits per heavy atom. The van der Waals surface area contributed by atoms with Gasteiger partial charge in [0.25, 0.3) is 5.56 Å². The molecule has 0 unspecified atom stereocenters. The first-order valence-electron chi connectivity index (χ1n) is 7.54. The maximum Gasteiger partial charge on any atom is 0.273 e. The molecular weight excluding hydrogens is 323 g/mol. The number of nitrogens with zero attached hydrogens (tertiary/aromatic N) is 3. The van der Waals surface area contributed by atoms with E-state index < -0.39 is 0 Å². The molecule has 6 nitrogen and oxygen atoms in total. The fraction of sp³-hybridized carbons (Fsp3) is 0.0556. The Morgan fingerprint density at radius 3 is 2.84 bits per heavy atom. The molecule has 4 aromatic rings. The van der Waals surface area contributed by atoms with Gasteiger partial charge in [-0.2, -0.15) is 0 Å². The van der Waals surface area contributed by atoms with Crippen LogP contribution in [-0.4, -0.2) is 26.7 Å². The summed E-state index contributed by atoms with van der Waals surface area (Å²) in [6.45, 7) is 0. The van der Waals surface area contributed by atoms with Crippen molar-refractivity contribution in [2.75, 3.05) is 7.11 Å². The van der Waals surface area contributed by atoms with Crippen molar-refractivity contribution in [3.8, 4) is 28.4 Å². The summed E-state index contributed by atoms with van der Waals surface area (Å²) in [4.78, 5) is 21.1.